The minimum absolute atomic E-state index is 0.00133. The molecule has 136 valence electrons. The van der Waals surface area contributed by atoms with Crippen LogP contribution in [0, 0.1) is 5.82 Å². The summed E-state index contributed by atoms with van der Waals surface area (Å²) in [6, 6.07) is 13.4. The Labute approximate surface area is 152 Å². The monoisotopic (exact) mass is 356 g/mol. The lowest BCUT2D eigenvalue weighted by molar-refractivity contribution is -0.130. The van der Waals surface area contributed by atoms with Crippen molar-refractivity contribution in [3.05, 3.63) is 65.5 Å². The van der Waals surface area contributed by atoms with Crippen LogP contribution in [0.15, 0.2) is 48.5 Å². The van der Waals surface area contributed by atoms with Crippen molar-refractivity contribution in [3.63, 3.8) is 0 Å². The zero-order valence-electron chi connectivity index (χ0n) is 14.7. The van der Waals surface area contributed by atoms with E-state index < -0.39 is 0 Å². The molecule has 0 bridgehead atoms. The number of carbonyl (C=O) groups excluding carboxylic acids is 2. The average Bonchev–Trinajstić information content (AvgIpc) is 2.67. The molecule has 0 atom stereocenters. The van der Waals surface area contributed by atoms with Crippen LogP contribution >= 0.6 is 0 Å². The van der Waals surface area contributed by atoms with Gasteiger partial charge < -0.3 is 14.5 Å². The quantitative estimate of drug-likeness (QED) is 0.790. The SMILES string of the molecule is COC(=O)c1cccc(N2CCN(C(=O)Cc3cccc(F)c3)CC2)c1. The highest BCUT2D eigenvalue weighted by Crippen LogP contribution is 2.19. The van der Waals surface area contributed by atoms with Gasteiger partial charge in [0.05, 0.1) is 19.1 Å². The Hall–Kier alpha value is -2.89. The number of ether oxygens (including phenoxy) is 1. The first kappa shape index (κ1) is 17.9. The van der Waals surface area contributed by atoms with Gasteiger partial charge in [-0.05, 0) is 35.9 Å². The lowest BCUT2D eigenvalue weighted by atomic mass is 10.1. The number of carbonyl (C=O) groups is 2. The molecule has 0 radical (unpaired) electrons. The minimum atomic E-state index is -0.365. The molecule has 0 aliphatic carbocycles. The lowest BCUT2D eigenvalue weighted by Gasteiger charge is -2.36. The van der Waals surface area contributed by atoms with E-state index in [9.17, 15) is 14.0 Å². The number of hydrogen-bond donors (Lipinski definition) is 0. The maximum atomic E-state index is 13.2. The molecule has 1 aliphatic rings. The summed E-state index contributed by atoms with van der Waals surface area (Å²) >= 11 is 0. The average molecular weight is 356 g/mol. The van der Waals surface area contributed by atoms with Crippen LogP contribution in [0.25, 0.3) is 0 Å². The summed E-state index contributed by atoms with van der Waals surface area (Å²) in [5.41, 5.74) is 2.13. The van der Waals surface area contributed by atoms with Crippen molar-refractivity contribution >= 4 is 17.6 Å². The molecule has 2 aromatic rings. The van der Waals surface area contributed by atoms with E-state index in [4.69, 9.17) is 4.74 Å². The zero-order valence-corrected chi connectivity index (χ0v) is 14.7. The Bertz CT molecular complexity index is 801. The smallest absolute Gasteiger partial charge is 0.337 e. The Morgan fingerprint density at radius 1 is 1.04 bits per heavy atom. The highest BCUT2D eigenvalue weighted by molar-refractivity contribution is 5.90. The van der Waals surface area contributed by atoms with Gasteiger partial charge in [0.15, 0.2) is 0 Å². The van der Waals surface area contributed by atoms with Crippen molar-refractivity contribution in [1.29, 1.82) is 0 Å². The molecule has 1 amide bonds. The normalized spacial score (nSPS) is 14.2. The second-order valence-corrected chi connectivity index (χ2v) is 6.22. The van der Waals surface area contributed by atoms with Crippen LogP contribution in [0.1, 0.15) is 15.9 Å². The highest BCUT2D eigenvalue weighted by atomic mass is 19.1. The third-order valence-corrected chi connectivity index (χ3v) is 4.51. The highest BCUT2D eigenvalue weighted by Gasteiger charge is 2.22. The van der Waals surface area contributed by atoms with Gasteiger partial charge >= 0.3 is 5.97 Å². The largest absolute Gasteiger partial charge is 0.465 e. The lowest BCUT2D eigenvalue weighted by Crippen LogP contribution is -2.49. The van der Waals surface area contributed by atoms with E-state index in [2.05, 4.69) is 4.90 Å². The van der Waals surface area contributed by atoms with Gasteiger partial charge in [0.2, 0.25) is 5.91 Å². The van der Waals surface area contributed by atoms with Gasteiger partial charge in [0, 0.05) is 31.9 Å². The maximum absolute atomic E-state index is 13.2. The van der Waals surface area contributed by atoms with Crippen molar-refractivity contribution in [2.45, 2.75) is 6.42 Å². The number of halogens is 1. The number of nitrogens with zero attached hydrogens (tertiary/aromatic N) is 2. The Morgan fingerprint density at radius 3 is 2.46 bits per heavy atom. The molecule has 0 aromatic heterocycles. The van der Waals surface area contributed by atoms with E-state index in [0.717, 1.165) is 5.69 Å². The van der Waals surface area contributed by atoms with E-state index in [0.29, 0.717) is 37.3 Å². The Morgan fingerprint density at radius 2 is 1.77 bits per heavy atom. The van der Waals surface area contributed by atoms with Crippen LogP contribution in [0.3, 0.4) is 0 Å². The fourth-order valence-corrected chi connectivity index (χ4v) is 3.09. The van der Waals surface area contributed by atoms with Gasteiger partial charge in [-0.1, -0.05) is 18.2 Å². The molecule has 26 heavy (non-hydrogen) atoms. The number of anilines is 1. The number of rotatable bonds is 4. The molecule has 1 heterocycles. The molecule has 1 saturated heterocycles. The Kier molecular flexibility index (Phi) is 5.51. The van der Waals surface area contributed by atoms with Crippen LogP contribution in [0.2, 0.25) is 0 Å². The molecule has 0 N–H and O–H groups in total. The second-order valence-electron chi connectivity index (χ2n) is 6.22. The maximum Gasteiger partial charge on any atom is 0.337 e. The number of piperazine rings is 1. The molecular weight excluding hydrogens is 335 g/mol. The van der Waals surface area contributed by atoms with Crippen molar-refractivity contribution in [3.8, 4) is 0 Å². The fourth-order valence-electron chi connectivity index (χ4n) is 3.09. The molecule has 1 fully saturated rings. The van der Waals surface area contributed by atoms with Crippen molar-refractivity contribution in [2.75, 3.05) is 38.2 Å². The standard InChI is InChI=1S/C20H21FN2O3/c1-26-20(25)16-5-3-7-18(14-16)22-8-10-23(11-9-22)19(24)13-15-4-2-6-17(21)12-15/h2-7,12,14H,8-11,13H2,1H3. The van der Waals surface area contributed by atoms with E-state index in [1.54, 1.807) is 29.2 Å². The number of benzene rings is 2. The summed E-state index contributed by atoms with van der Waals surface area (Å²) in [7, 11) is 1.36. The van der Waals surface area contributed by atoms with Crippen molar-refractivity contribution in [1.82, 2.24) is 4.90 Å². The molecule has 1 aliphatic heterocycles. The molecule has 6 heteroatoms. The third kappa shape index (κ3) is 4.20. The van der Waals surface area contributed by atoms with Gasteiger partial charge in [0.25, 0.3) is 0 Å². The first-order valence-corrected chi connectivity index (χ1v) is 8.52. The third-order valence-electron chi connectivity index (χ3n) is 4.51. The minimum Gasteiger partial charge on any atom is -0.465 e. The number of amides is 1. The van der Waals surface area contributed by atoms with Crippen LogP contribution in [0.5, 0.6) is 0 Å². The van der Waals surface area contributed by atoms with Gasteiger partial charge in [-0.2, -0.15) is 0 Å². The Balaban J connectivity index is 1.59. The topological polar surface area (TPSA) is 49.9 Å². The molecule has 0 saturated carbocycles. The molecular formula is C20H21FN2O3. The molecule has 0 spiro atoms. The molecule has 0 unspecified atom stereocenters. The molecule has 2 aromatic carbocycles. The first-order chi connectivity index (χ1) is 12.6. The predicted molar refractivity (Wildman–Crippen MR) is 96.7 cm³/mol. The fraction of sp³-hybridized carbons (Fsp3) is 0.300. The molecule has 5 nitrogen and oxygen atoms in total. The zero-order chi connectivity index (χ0) is 18.5. The van der Waals surface area contributed by atoms with Crippen molar-refractivity contribution in [2.24, 2.45) is 0 Å². The van der Waals surface area contributed by atoms with Gasteiger partial charge in [-0.15, -0.1) is 0 Å². The summed E-state index contributed by atoms with van der Waals surface area (Å²) in [5, 5.41) is 0. The van der Waals surface area contributed by atoms with E-state index in [1.165, 1.54) is 19.2 Å². The number of methoxy groups -OCH3 is 1. The van der Waals surface area contributed by atoms with Gasteiger partial charge in [-0.3, -0.25) is 4.79 Å². The summed E-state index contributed by atoms with van der Waals surface area (Å²) in [4.78, 5) is 28.0. The van der Waals surface area contributed by atoms with E-state index >= 15 is 0 Å². The van der Waals surface area contributed by atoms with Crippen LogP contribution in [-0.2, 0) is 16.0 Å². The second kappa shape index (κ2) is 7.99. The van der Waals surface area contributed by atoms with Gasteiger partial charge in [-0.25, -0.2) is 9.18 Å². The van der Waals surface area contributed by atoms with E-state index in [-0.39, 0.29) is 24.1 Å². The summed E-state index contributed by atoms with van der Waals surface area (Å²) < 4.78 is 18.0. The van der Waals surface area contributed by atoms with Crippen LogP contribution in [-0.4, -0.2) is 50.1 Å². The predicted octanol–water partition coefficient (Wildman–Crippen LogP) is 2.50. The first-order valence-electron chi connectivity index (χ1n) is 8.52. The van der Waals surface area contributed by atoms with Crippen molar-refractivity contribution < 1.29 is 18.7 Å². The molecule has 3 rings (SSSR count). The van der Waals surface area contributed by atoms with Crippen LogP contribution < -0.4 is 4.90 Å². The summed E-state index contributed by atoms with van der Waals surface area (Å²) in [6.07, 6.45) is 0.204. The summed E-state index contributed by atoms with van der Waals surface area (Å²) in [5.74, 6) is -0.695. The van der Waals surface area contributed by atoms with Crippen LogP contribution in [0.4, 0.5) is 10.1 Å². The summed E-state index contributed by atoms with van der Waals surface area (Å²) in [6.45, 7) is 2.55. The number of hydrogen-bond acceptors (Lipinski definition) is 4. The van der Waals surface area contributed by atoms with Gasteiger partial charge in [0.1, 0.15) is 5.82 Å². The number of esters is 1. The van der Waals surface area contributed by atoms with E-state index in [1.807, 2.05) is 12.1 Å².